The van der Waals surface area contributed by atoms with Gasteiger partial charge in [0, 0.05) is 12.1 Å². The predicted octanol–water partition coefficient (Wildman–Crippen LogP) is 0.306. The van der Waals surface area contributed by atoms with Crippen LogP contribution in [-0.4, -0.2) is 14.5 Å². The van der Waals surface area contributed by atoms with Crippen molar-refractivity contribution in [2.45, 2.75) is 13.3 Å². The van der Waals surface area contributed by atoms with Gasteiger partial charge in [-0.2, -0.15) is 0 Å². The van der Waals surface area contributed by atoms with Gasteiger partial charge in [-0.05, 0) is 24.1 Å². The van der Waals surface area contributed by atoms with Gasteiger partial charge in [0.2, 0.25) is 0 Å². The summed E-state index contributed by atoms with van der Waals surface area (Å²) in [7, 11) is 5.83. The first-order chi connectivity index (χ1) is 5.70. The molecular weight excluding hydrogens is 149 g/mol. The molecule has 0 unspecified atom stereocenters. The topological polar surface area (TPSA) is 35.2 Å². The normalized spacial score (nSPS) is 14.1. The first-order valence-electron chi connectivity index (χ1n) is 4.00. The summed E-state index contributed by atoms with van der Waals surface area (Å²) in [5.74, 6) is 0.835. The van der Waals surface area contributed by atoms with Crippen molar-refractivity contribution in [2.24, 2.45) is 0 Å². The molecule has 0 aromatic heterocycles. The van der Waals surface area contributed by atoms with E-state index in [0.29, 0.717) is 5.46 Å². The third-order valence-electron chi connectivity index (χ3n) is 2.32. The lowest BCUT2D eigenvalue weighted by atomic mass is 9.87. The molecule has 60 valence electrons. The standard InChI is InChI=1S/C9H10BNO/c1-5-7(11)4-6-2-3-12-9(6)8(5)10/h4H,2-3,11H2,1H3. The highest BCUT2D eigenvalue weighted by molar-refractivity contribution is 6.36. The Balaban J connectivity index is 2.67. The summed E-state index contributed by atoms with van der Waals surface area (Å²) in [5.41, 5.74) is 9.28. The minimum atomic E-state index is 0.697. The lowest BCUT2D eigenvalue weighted by Gasteiger charge is -2.09. The van der Waals surface area contributed by atoms with E-state index in [2.05, 4.69) is 0 Å². The van der Waals surface area contributed by atoms with Crippen molar-refractivity contribution < 1.29 is 4.74 Å². The summed E-state index contributed by atoms with van der Waals surface area (Å²) < 4.78 is 5.38. The van der Waals surface area contributed by atoms with Crippen LogP contribution in [-0.2, 0) is 6.42 Å². The van der Waals surface area contributed by atoms with Crippen LogP contribution >= 0.6 is 0 Å². The van der Waals surface area contributed by atoms with Gasteiger partial charge in [0.25, 0.3) is 0 Å². The quantitative estimate of drug-likeness (QED) is 0.436. The molecule has 0 saturated heterocycles. The molecule has 0 spiro atoms. The molecule has 0 fully saturated rings. The van der Waals surface area contributed by atoms with Crippen LogP contribution in [0.15, 0.2) is 6.07 Å². The zero-order valence-corrected chi connectivity index (χ0v) is 7.05. The molecule has 0 atom stereocenters. The number of nitrogen functional groups attached to an aromatic ring is 1. The number of ether oxygens (including phenoxy) is 1. The van der Waals surface area contributed by atoms with E-state index in [0.717, 1.165) is 35.6 Å². The molecule has 2 rings (SSSR count). The molecule has 1 heterocycles. The lowest BCUT2D eigenvalue weighted by molar-refractivity contribution is 0.359. The first kappa shape index (κ1) is 7.53. The van der Waals surface area contributed by atoms with E-state index in [-0.39, 0.29) is 0 Å². The zero-order valence-electron chi connectivity index (χ0n) is 7.05. The third kappa shape index (κ3) is 0.892. The van der Waals surface area contributed by atoms with Crippen molar-refractivity contribution in [3.8, 4) is 5.75 Å². The Morgan fingerprint density at radius 3 is 3.08 bits per heavy atom. The molecule has 2 radical (unpaired) electrons. The van der Waals surface area contributed by atoms with Gasteiger partial charge in [0.1, 0.15) is 13.6 Å². The largest absolute Gasteiger partial charge is 0.494 e. The highest BCUT2D eigenvalue weighted by Gasteiger charge is 2.16. The summed E-state index contributed by atoms with van der Waals surface area (Å²) in [6.45, 7) is 2.63. The second-order valence-corrected chi connectivity index (χ2v) is 3.09. The van der Waals surface area contributed by atoms with Gasteiger partial charge in [-0.15, -0.1) is 0 Å². The Labute approximate surface area is 73.1 Å². The molecule has 0 saturated carbocycles. The van der Waals surface area contributed by atoms with Crippen LogP contribution in [0.2, 0.25) is 0 Å². The Bertz CT molecular complexity index is 336. The number of hydrogen-bond acceptors (Lipinski definition) is 2. The molecule has 1 aromatic rings. The first-order valence-corrected chi connectivity index (χ1v) is 4.00. The fourth-order valence-corrected chi connectivity index (χ4v) is 1.48. The van der Waals surface area contributed by atoms with Crippen LogP contribution in [0.1, 0.15) is 11.1 Å². The van der Waals surface area contributed by atoms with Crippen molar-refractivity contribution >= 4 is 19.0 Å². The maximum atomic E-state index is 5.83. The van der Waals surface area contributed by atoms with Gasteiger partial charge in [0.15, 0.2) is 0 Å². The van der Waals surface area contributed by atoms with Gasteiger partial charge >= 0.3 is 0 Å². The van der Waals surface area contributed by atoms with Crippen LogP contribution in [0.5, 0.6) is 5.75 Å². The van der Waals surface area contributed by atoms with Crippen molar-refractivity contribution in [3.63, 3.8) is 0 Å². The van der Waals surface area contributed by atoms with Crippen LogP contribution in [0.3, 0.4) is 0 Å². The van der Waals surface area contributed by atoms with Crippen LogP contribution in [0.25, 0.3) is 0 Å². The average Bonchev–Trinajstić information content (AvgIpc) is 2.48. The van der Waals surface area contributed by atoms with E-state index in [4.69, 9.17) is 18.3 Å². The maximum absolute atomic E-state index is 5.83. The summed E-state index contributed by atoms with van der Waals surface area (Å²) >= 11 is 0. The molecule has 2 nitrogen and oxygen atoms in total. The molecule has 0 bridgehead atoms. The van der Waals surface area contributed by atoms with E-state index in [1.165, 1.54) is 0 Å². The van der Waals surface area contributed by atoms with Crippen LogP contribution in [0, 0.1) is 6.92 Å². The highest BCUT2D eigenvalue weighted by Crippen LogP contribution is 2.26. The summed E-state index contributed by atoms with van der Waals surface area (Å²) in [6, 6.07) is 1.95. The fraction of sp³-hybridized carbons (Fsp3) is 0.333. The highest BCUT2D eigenvalue weighted by atomic mass is 16.5. The smallest absolute Gasteiger partial charge is 0.119 e. The number of rotatable bonds is 0. The average molecular weight is 159 g/mol. The molecule has 0 aliphatic carbocycles. The third-order valence-corrected chi connectivity index (χ3v) is 2.32. The van der Waals surface area contributed by atoms with E-state index in [9.17, 15) is 0 Å². The molecule has 1 aromatic carbocycles. The minimum Gasteiger partial charge on any atom is -0.494 e. The van der Waals surface area contributed by atoms with Gasteiger partial charge < -0.3 is 10.5 Å². The van der Waals surface area contributed by atoms with Crippen molar-refractivity contribution in [1.82, 2.24) is 0 Å². The van der Waals surface area contributed by atoms with Gasteiger partial charge in [-0.1, -0.05) is 5.46 Å². The lowest BCUT2D eigenvalue weighted by Crippen LogP contribution is -2.13. The van der Waals surface area contributed by atoms with E-state index < -0.39 is 0 Å². The molecule has 1 aliphatic heterocycles. The fourth-order valence-electron chi connectivity index (χ4n) is 1.48. The Hall–Kier alpha value is -1.12. The van der Waals surface area contributed by atoms with Gasteiger partial charge in [-0.3, -0.25) is 0 Å². The second kappa shape index (κ2) is 2.44. The van der Waals surface area contributed by atoms with Crippen molar-refractivity contribution in [3.05, 3.63) is 17.2 Å². The Morgan fingerprint density at radius 1 is 1.58 bits per heavy atom. The molecule has 12 heavy (non-hydrogen) atoms. The van der Waals surface area contributed by atoms with Crippen molar-refractivity contribution in [1.29, 1.82) is 0 Å². The van der Waals surface area contributed by atoms with Gasteiger partial charge in [-0.25, -0.2) is 0 Å². The monoisotopic (exact) mass is 159 g/mol. The molecular formula is C9H10BNO. The number of benzene rings is 1. The zero-order chi connectivity index (χ0) is 8.72. The van der Waals surface area contributed by atoms with E-state index >= 15 is 0 Å². The minimum absolute atomic E-state index is 0.697. The number of anilines is 1. The van der Waals surface area contributed by atoms with Crippen LogP contribution < -0.4 is 15.9 Å². The predicted molar refractivity (Wildman–Crippen MR) is 50.2 cm³/mol. The number of fused-ring (bicyclic) bond motifs is 1. The molecule has 2 N–H and O–H groups in total. The van der Waals surface area contributed by atoms with Crippen LogP contribution in [0.4, 0.5) is 5.69 Å². The summed E-state index contributed by atoms with van der Waals surface area (Å²) in [5, 5.41) is 0. The number of nitrogens with two attached hydrogens (primary N) is 1. The van der Waals surface area contributed by atoms with Crippen molar-refractivity contribution in [2.75, 3.05) is 12.3 Å². The summed E-state index contributed by atoms with van der Waals surface area (Å²) in [4.78, 5) is 0. The Kier molecular flexibility index (Phi) is 1.53. The SMILES string of the molecule is [B]c1c(C)c(N)cc2c1OCC2. The molecule has 3 heteroatoms. The van der Waals surface area contributed by atoms with E-state index in [1.54, 1.807) is 0 Å². The van der Waals surface area contributed by atoms with E-state index in [1.807, 2.05) is 13.0 Å². The molecule has 0 amide bonds. The Morgan fingerprint density at radius 2 is 2.33 bits per heavy atom. The molecule has 1 aliphatic rings. The maximum Gasteiger partial charge on any atom is 0.119 e. The summed E-state index contributed by atoms with van der Waals surface area (Å²) in [6.07, 6.45) is 0.921. The number of hydrogen-bond donors (Lipinski definition) is 1. The van der Waals surface area contributed by atoms with Gasteiger partial charge in [0.05, 0.1) is 6.61 Å². The second-order valence-electron chi connectivity index (χ2n) is 3.09.